The van der Waals surface area contributed by atoms with E-state index in [4.69, 9.17) is 5.73 Å². The van der Waals surface area contributed by atoms with Crippen LogP contribution in [0.15, 0.2) is 65.6 Å². The van der Waals surface area contributed by atoms with Gasteiger partial charge in [0.1, 0.15) is 6.54 Å². The van der Waals surface area contributed by atoms with Crippen molar-refractivity contribution in [3.8, 4) is 0 Å². The Bertz CT molecular complexity index is 943. The molecule has 0 spiro atoms. The smallest absolute Gasteiger partial charge is 0.275 e. The van der Waals surface area contributed by atoms with Gasteiger partial charge in [0.15, 0.2) is 0 Å². The maximum absolute atomic E-state index is 12.7. The highest BCUT2D eigenvalue weighted by Gasteiger charge is 2.15. The monoisotopic (exact) mass is 386 g/mol. The molecule has 0 unspecified atom stereocenters. The molecule has 142 valence electrons. The third-order valence-corrected chi connectivity index (χ3v) is 4.31. The van der Waals surface area contributed by atoms with Gasteiger partial charge in [0, 0.05) is 25.0 Å². The molecule has 3 aromatic rings. The Kier molecular flexibility index (Phi) is 7.52. The van der Waals surface area contributed by atoms with E-state index in [0.717, 1.165) is 17.4 Å². The number of amides is 1. The molecule has 3 rings (SSSR count). The van der Waals surface area contributed by atoms with Crippen LogP contribution < -0.4 is 11.3 Å². The van der Waals surface area contributed by atoms with Crippen molar-refractivity contribution in [3.05, 3.63) is 76.7 Å². The van der Waals surface area contributed by atoms with Gasteiger partial charge >= 0.3 is 0 Å². The predicted molar refractivity (Wildman–Crippen MR) is 109 cm³/mol. The van der Waals surface area contributed by atoms with Crippen LogP contribution in [0, 0.1) is 0 Å². The summed E-state index contributed by atoms with van der Waals surface area (Å²) in [6.45, 7) is 1.30. The average molecular weight is 387 g/mol. The van der Waals surface area contributed by atoms with Gasteiger partial charge in [-0.3, -0.25) is 9.59 Å². The second kappa shape index (κ2) is 9.85. The van der Waals surface area contributed by atoms with Crippen molar-refractivity contribution in [2.75, 3.05) is 19.6 Å². The molecule has 2 aromatic carbocycles. The Morgan fingerprint density at radius 3 is 2.48 bits per heavy atom. The summed E-state index contributed by atoms with van der Waals surface area (Å²) in [5.41, 5.74) is 6.55. The van der Waals surface area contributed by atoms with Crippen molar-refractivity contribution in [1.82, 2.24) is 14.7 Å². The summed E-state index contributed by atoms with van der Waals surface area (Å²) in [5.74, 6) is -0.156. The summed E-state index contributed by atoms with van der Waals surface area (Å²) in [7, 11) is 0. The molecule has 2 N–H and O–H groups in total. The molecular formula is C20H23ClN4O2. The Morgan fingerprint density at radius 1 is 1.04 bits per heavy atom. The fourth-order valence-corrected chi connectivity index (χ4v) is 2.89. The van der Waals surface area contributed by atoms with Crippen molar-refractivity contribution < 1.29 is 4.79 Å². The number of halogens is 1. The molecule has 0 saturated heterocycles. The number of nitrogens with two attached hydrogens (primary N) is 1. The third-order valence-electron chi connectivity index (χ3n) is 4.31. The summed E-state index contributed by atoms with van der Waals surface area (Å²) in [6, 6.07) is 17.2. The van der Waals surface area contributed by atoms with Crippen LogP contribution >= 0.6 is 12.4 Å². The van der Waals surface area contributed by atoms with Gasteiger partial charge in [-0.1, -0.05) is 48.5 Å². The van der Waals surface area contributed by atoms with Crippen molar-refractivity contribution in [1.29, 1.82) is 0 Å². The van der Waals surface area contributed by atoms with Crippen LogP contribution in [0.3, 0.4) is 0 Å². The number of hydrogen-bond acceptors (Lipinski definition) is 4. The Balaban J connectivity index is 0.00000261. The maximum atomic E-state index is 12.7. The first-order valence-corrected chi connectivity index (χ1v) is 8.65. The van der Waals surface area contributed by atoms with E-state index in [2.05, 4.69) is 5.10 Å². The molecule has 0 radical (unpaired) electrons. The maximum Gasteiger partial charge on any atom is 0.275 e. The fraction of sp³-hybridized carbons (Fsp3) is 0.250. The summed E-state index contributed by atoms with van der Waals surface area (Å²) in [5, 5.41) is 5.46. The van der Waals surface area contributed by atoms with Gasteiger partial charge in [-0.15, -0.1) is 12.4 Å². The summed E-state index contributed by atoms with van der Waals surface area (Å²) in [4.78, 5) is 26.9. The predicted octanol–water partition coefficient (Wildman–Crippen LogP) is 1.85. The second-order valence-corrected chi connectivity index (χ2v) is 6.10. The van der Waals surface area contributed by atoms with Crippen molar-refractivity contribution in [3.63, 3.8) is 0 Å². The minimum atomic E-state index is -0.257. The molecule has 27 heavy (non-hydrogen) atoms. The van der Waals surface area contributed by atoms with Gasteiger partial charge in [-0.05, 0) is 18.1 Å². The zero-order valence-electron chi connectivity index (χ0n) is 15.0. The lowest BCUT2D eigenvalue weighted by Gasteiger charge is -2.22. The standard InChI is InChI=1S/C20H22N4O2.ClH/c21-11-13-23(12-10-16-6-2-1-3-7-16)19(25)15-24-20(26)18-9-5-4-8-17(18)14-22-24;/h1-9,14H,10-13,15,21H2;1H. The summed E-state index contributed by atoms with van der Waals surface area (Å²) >= 11 is 0. The molecular weight excluding hydrogens is 364 g/mol. The molecule has 0 aliphatic heterocycles. The number of benzene rings is 2. The zero-order chi connectivity index (χ0) is 18.4. The van der Waals surface area contributed by atoms with Gasteiger partial charge in [0.25, 0.3) is 5.56 Å². The molecule has 1 amide bonds. The molecule has 1 aromatic heterocycles. The number of carbonyl (C=O) groups excluding carboxylic acids is 1. The van der Waals surface area contributed by atoms with Crippen LogP contribution in [0.25, 0.3) is 10.8 Å². The first-order valence-electron chi connectivity index (χ1n) is 8.65. The van der Waals surface area contributed by atoms with Gasteiger partial charge in [-0.25, -0.2) is 4.68 Å². The Labute approximate surface area is 164 Å². The molecule has 0 fully saturated rings. The summed E-state index contributed by atoms with van der Waals surface area (Å²) < 4.78 is 1.22. The van der Waals surface area contributed by atoms with E-state index < -0.39 is 0 Å². The highest BCUT2D eigenvalue weighted by atomic mass is 35.5. The lowest BCUT2D eigenvalue weighted by Crippen LogP contribution is -2.41. The highest BCUT2D eigenvalue weighted by molar-refractivity contribution is 5.85. The van der Waals surface area contributed by atoms with Gasteiger partial charge < -0.3 is 10.6 Å². The molecule has 7 heteroatoms. The van der Waals surface area contributed by atoms with Crippen molar-refractivity contribution >= 4 is 29.1 Å². The number of nitrogens with zero attached hydrogens (tertiary/aromatic N) is 3. The topological polar surface area (TPSA) is 81.2 Å². The number of aromatic nitrogens is 2. The highest BCUT2D eigenvalue weighted by Crippen LogP contribution is 2.07. The van der Waals surface area contributed by atoms with Crippen LogP contribution in [0.5, 0.6) is 0 Å². The van der Waals surface area contributed by atoms with E-state index in [1.54, 1.807) is 23.2 Å². The molecule has 0 aliphatic carbocycles. The average Bonchev–Trinajstić information content (AvgIpc) is 2.68. The molecule has 0 bridgehead atoms. The van der Waals surface area contributed by atoms with Crippen LogP contribution in [-0.4, -0.2) is 40.2 Å². The Morgan fingerprint density at radius 2 is 1.74 bits per heavy atom. The van der Waals surface area contributed by atoms with E-state index >= 15 is 0 Å². The first-order chi connectivity index (χ1) is 12.7. The lowest BCUT2D eigenvalue weighted by molar-refractivity contribution is -0.132. The van der Waals surface area contributed by atoms with E-state index in [0.29, 0.717) is 25.0 Å². The van der Waals surface area contributed by atoms with Crippen molar-refractivity contribution in [2.24, 2.45) is 5.73 Å². The van der Waals surface area contributed by atoms with Crippen LogP contribution in [0.4, 0.5) is 0 Å². The van der Waals surface area contributed by atoms with E-state index in [-0.39, 0.29) is 30.4 Å². The zero-order valence-corrected chi connectivity index (χ0v) is 15.8. The molecule has 6 nitrogen and oxygen atoms in total. The Hall–Kier alpha value is -2.70. The summed E-state index contributed by atoms with van der Waals surface area (Å²) in [6.07, 6.45) is 2.36. The van der Waals surface area contributed by atoms with E-state index in [9.17, 15) is 9.59 Å². The first kappa shape index (κ1) is 20.6. The molecule has 0 aliphatic rings. The molecule has 1 heterocycles. The normalized spacial score (nSPS) is 10.4. The lowest BCUT2D eigenvalue weighted by atomic mass is 10.1. The quantitative estimate of drug-likeness (QED) is 0.671. The van der Waals surface area contributed by atoms with Gasteiger partial charge in [-0.2, -0.15) is 5.10 Å². The van der Waals surface area contributed by atoms with Crippen LogP contribution in [0.2, 0.25) is 0 Å². The SMILES string of the molecule is Cl.NCCN(CCc1ccccc1)C(=O)Cn1ncc2ccccc2c1=O. The third kappa shape index (κ3) is 5.15. The molecule has 0 saturated carbocycles. The van der Waals surface area contributed by atoms with E-state index in [1.165, 1.54) is 4.68 Å². The minimum absolute atomic E-state index is 0. The number of hydrogen-bond donors (Lipinski definition) is 1. The van der Waals surface area contributed by atoms with Crippen molar-refractivity contribution in [2.45, 2.75) is 13.0 Å². The number of fused-ring (bicyclic) bond motifs is 1. The number of rotatable bonds is 7. The minimum Gasteiger partial charge on any atom is -0.339 e. The van der Waals surface area contributed by atoms with E-state index in [1.807, 2.05) is 42.5 Å². The number of carbonyl (C=O) groups is 1. The largest absolute Gasteiger partial charge is 0.339 e. The van der Waals surface area contributed by atoms with Crippen LogP contribution in [-0.2, 0) is 17.8 Å². The fourth-order valence-electron chi connectivity index (χ4n) is 2.89. The van der Waals surface area contributed by atoms with Crippen LogP contribution in [0.1, 0.15) is 5.56 Å². The molecule has 0 atom stereocenters. The second-order valence-electron chi connectivity index (χ2n) is 6.10. The van der Waals surface area contributed by atoms with Gasteiger partial charge in [0.05, 0.1) is 11.6 Å². The van der Waals surface area contributed by atoms with Gasteiger partial charge in [0.2, 0.25) is 5.91 Å².